The van der Waals surface area contributed by atoms with Crippen LogP contribution in [-0.4, -0.2) is 35.1 Å². The standard InChI is InChI=1S/C18H19IN2O3/c19-11-4-1-5-12(10-11)21(17-13(20)6-2-7-14(17)22)18-15(23)8-3-9-16(18)24/h1,4-5,10,17-18,20H,2-3,6-9H2. The molecule has 0 saturated heterocycles. The van der Waals surface area contributed by atoms with E-state index in [1.54, 1.807) is 4.90 Å². The maximum Gasteiger partial charge on any atom is 0.162 e. The highest BCUT2D eigenvalue weighted by Gasteiger charge is 2.43. The fourth-order valence-electron chi connectivity index (χ4n) is 3.53. The van der Waals surface area contributed by atoms with E-state index in [9.17, 15) is 14.4 Å². The zero-order valence-corrected chi connectivity index (χ0v) is 15.4. The quantitative estimate of drug-likeness (QED) is 0.582. The number of carbonyl (C=O) groups excluding carboxylic acids is 3. The molecule has 0 bridgehead atoms. The molecular formula is C18H19IN2O3. The predicted octanol–water partition coefficient (Wildman–Crippen LogP) is 2.93. The van der Waals surface area contributed by atoms with Crippen LogP contribution in [0.25, 0.3) is 0 Å². The molecule has 1 aromatic rings. The summed E-state index contributed by atoms with van der Waals surface area (Å²) in [6.07, 6.45) is 2.87. The maximum absolute atomic E-state index is 12.6. The van der Waals surface area contributed by atoms with Gasteiger partial charge in [0.15, 0.2) is 17.3 Å². The number of anilines is 1. The molecule has 1 unspecified atom stereocenters. The van der Waals surface area contributed by atoms with Crippen LogP contribution in [0, 0.1) is 8.98 Å². The van der Waals surface area contributed by atoms with Crippen LogP contribution in [0.5, 0.6) is 0 Å². The van der Waals surface area contributed by atoms with Crippen molar-refractivity contribution in [2.75, 3.05) is 4.90 Å². The van der Waals surface area contributed by atoms with Crippen LogP contribution in [0.4, 0.5) is 5.69 Å². The lowest BCUT2D eigenvalue weighted by Crippen LogP contribution is -2.59. The molecule has 2 saturated carbocycles. The molecule has 2 fully saturated rings. The SMILES string of the molecule is N=C1CCCC(=O)C1N(c1cccc(I)c1)C1C(=O)CCCC1=O. The molecule has 1 aromatic carbocycles. The third kappa shape index (κ3) is 3.29. The molecule has 1 atom stereocenters. The van der Waals surface area contributed by atoms with E-state index in [2.05, 4.69) is 22.6 Å². The van der Waals surface area contributed by atoms with Crippen molar-refractivity contribution >= 4 is 51.3 Å². The monoisotopic (exact) mass is 438 g/mol. The molecule has 0 heterocycles. The molecule has 24 heavy (non-hydrogen) atoms. The summed E-state index contributed by atoms with van der Waals surface area (Å²) in [5.41, 5.74) is 0.969. The van der Waals surface area contributed by atoms with E-state index in [-0.39, 0.29) is 17.3 Å². The van der Waals surface area contributed by atoms with Gasteiger partial charge in [0, 0.05) is 34.2 Å². The summed E-state index contributed by atoms with van der Waals surface area (Å²) in [5.74, 6) is -0.358. The van der Waals surface area contributed by atoms with Gasteiger partial charge < -0.3 is 10.3 Å². The molecule has 0 amide bonds. The Morgan fingerprint density at radius 3 is 2.08 bits per heavy atom. The van der Waals surface area contributed by atoms with Crippen molar-refractivity contribution in [3.63, 3.8) is 0 Å². The van der Waals surface area contributed by atoms with Gasteiger partial charge in [0.25, 0.3) is 0 Å². The molecule has 5 nitrogen and oxygen atoms in total. The molecule has 0 aromatic heterocycles. The van der Waals surface area contributed by atoms with Crippen molar-refractivity contribution in [3.8, 4) is 0 Å². The Morgan fingerprint density at radius 2 is 1.50 bits per heavy atom. The molecular weight excluding hydrogens is 419 g/mol. The second-order valence-electron chi connectivity index (χ2n) is 6.32. The fourth-order valence-corrected chi connectivity index (χ4v) is 4.05. The zero-order chi connectivity index (χ0) is 17.3. The third-order valence-corrected chi connectivity index (χ3v) is 5.29. The average molecular weight is 438 g/mol. The van der Waals surface area contributed by atoms with E-state index >= 15 is 0 Å². The van der Waals surface area contributed by atoms with Crippen LogP contribution in [0.1, 0.15) is 38.5 Å². The average Bonchev–Trinajstić information content (AvgIpc) is 2.53. The number of nitrogens with one attached hydrogen (secondary N) is 1. The highest BCUT2D eigenvalue weighted by Crippen LogP contribution is 2.30. The predicted molar refractivity (Wildman–Crippen MR) is 99.7 cm³/mol. The van der Waals surface area contributed by atoms with E-state index in [1.165, 1.54) is 0 Å². The van der Waals surface area contributed by atoms with Gasteiger partial charge in [-0.25, -0.2) is 0 Å². The molecule has 6 heteroatoms. The molecule has 0 aliphatic heterocycles. The Labute approximate surface area is 154 Å². The summed E-state index contributed by atoms with van der Waals surface area (Å²) in [5, 5.41) is 8.27. The van der Waals surface area contributed by atoms with E-state index in [4.69, 9.17) is 5.41 Å². The Kier molecular flexibility index (Phi) is 5.12. The number of hydrogen-bond acceptors (Lipinski definition) is 5. The first-order chi connectivity index (χ1) is 11.5. The van der Waals surface area contributed by atoms with Gasteiger partial charge in [-0.1, -0.05) is 6.07 Å². The minimum Gasteiger partial charge on any atom is -0.340 e. The minimum absolute atomic E-state index is 0.0729. The maximum atomic E-state index is 12.6. The summed E-state index contributed by atoms with van der Waals surface area (Å²) in [6.45, 7) is 0. The van der Waals surface area contributed by atoms with Gasteiger partial charge in [-0.2, -0.15) is 0 Å². The van der Waals surface area contributed by atoms with E-state index < -0.39 is 12.1 Å². The Morgan fingerprint density at radius 1 is 0.917 bits per heavy atom. The van der Waals surface area contributed by atoms with Gasteiger partial charge in [-0.15, -0.1) is 0 Å². The van der Waals surface area contributed by atoms with Crippen LogP contribution in [0.2, 0.25) is 0 Å². The lowest BCUT2D eigenvalue weighted by atomic mass is 9.85. The normalized spacial score (nSPS) is 22.8. The number of Topliss-reactive ketones (excluding diaryl/α,β-unsaturated/α-hetero) is 3. The topological polar surface area (TPSA) is 78.3 Å². The van der Waals surface area contributed by atoms with Crippen molar-refractivity contribution in [2.24, 2.45) is 0 Å². The van der Waals surface area contributed by atoms with Gasteiger partial charge in [0.2, 0.25) is 0 Å². The summed E-state index contributed by atoms with van der Waals surface area (Å²) >= 11 is 2.17. The van der Waals surface area contributed by atoms with Gasteiger partial charge in [-0.3, -0.25) is 14.4 Å². The Balaban J connectivity index is 2.09. The summed E-state index contributed by atoms with van der Waals surface area (Å²) in [6, 6.07) is 5.70. The molecule has 2 aliphatic carbocycles. The molecule has 3 rings (SSSR count). The second-order valence-corrected chi connectivity index (χ2v) is 7.57. The summed E-state index contributed by atoms with van der Waals surface area (Å²) in [4.78, 5) is 39.2. The summed E-state index contributed by atoms with van der Waals surface area (Å²) < 4.78 is 0.959. The first-order valence-electron chi connectivity index (χ1n) is 8.18. The molecule has 1 N–H and O–H groups in total. The lowest BCUT2D eigenvalue weighted by Gasteiger charge is -2.40. The van der Waals surface area contributed by atoms with Gasteiger partial charge >= 0.3 is 0 Å². The first kappa shape index (κ1) is 17.3. The van der Waals surface area contributed by atoms with Gasteiger partial charge in [0.1, 0.15) is 12.1 Å². The van der Waals surface area contributed by atoms with Crippen molar-refractivity contribution in [3.05, 3.63) is 27.8 Å². The number of carbonyl (C=O) groups is 3. The number of benzene rings is 1. The highest BCUT2D eigenvalue weighted by atomic mass is 127. The van der Waals surface area contributed by atoms with Crippen molar-refractivity contribution in [2.45, 2.75) is 50.6 Å². The van der Waals surface area contributed by atoms with Crippen LogP contribution in [0.3, 0.4) is 0 Å². The number of ketones is 3. The van der Waals surface area contributed by atoms with Crippen LogP contribution < -0.4 is 4.90 Å². The number of nitrogens with zero attached hydrogens (tertiary/aromatic N) is 1. The van der Waals surface area contributed by atoms with Crippen molar-refractivity contribution in [1.82, 2.24) is 0 Å². The second kappa shape index (κ2) is 7.13. The fraction of sp³-hybridized carbons (Fsp3) is 0.444. The Hall–Kier alpha value is -1.57. The van der Waals surface area contributed by atoms with Crippen LogP contribution in [0.15, 0.2) is 24.3 Å². The van der Waals surface area contributed by atoms with Gasteiger partial charge in [0.05, 0.1) is 0 Å². The van der Waals surface area contributed by atoms with E-state index in [0.29, 0.717) is 49.9 Å². The number of rotatable bonds is 3. The minimum atomic E-state index is -0.940. The lowest BCUT2D eigenvalue weighted by molar-refractivity contribution is -0.131. The zero-order valence-electron chi connectivity index (χ0n) is 13.3. The molecule has 2 aliphatic rings. The number of hydrogen-bond donors (Lipinski definition) is 1. The smallest absolute Gasteiger partial charge is 0.162 e. The van der Waals surface area contributed by atoms with E-state index in [0.717, 1.165) is 3.57 Å². The first-order valence-corrected chi connectivity index (χ1v) is 9.26. The highest BCUT2D eigenvalue weighted by molar-refractivity contribution is 14.1. The third-order valence-electron chi connectivity index (χ3n) is 4.62. The Bertz CT molecular complexity index is 646. The summed E-state index contributed by atoms with van der Waals surface area (Å²) in [7, 11) is 0. The molecule has 0 radical (unpaired) electrons. The van der Waals surface area contributed by atoms with Crippen LogP contribution in [-0.2, 0) is 14.4 Å². The van der Waals surface area contributed by atoms with E-state index in [1.807, 2.05) is 24.3 Å². The van der Waals surface area contributed by atoms with Gasteiger partial charge in [-0.05, 0) is 60.1 Å². The number of halogens is 1. The largest absolute Gasteiger partial charge is 0.340 e. The van der Waals surface area contributed by atoms with Crippen molar-refractivity contribution < 1.29 is 14.4 Å². The van der Waals surface area contributed by atoms with Crippen molar-refractivity contribution in [1.29, 1.82) is 5.41 Å². The molecule has 0 spiro atoms. The van der Waals surface area contributed by atoms with Crippen LogP contribution >= 0.6 is 22.6 Å². The molecule has 126 valence electrons.